The van der Waals surface area contributed by atoms with E-state index in [9.17, 15) is 27.2 Å². The number of H-pyrrole nitrogens is 1. The standard InChI is InChI=1S/C24H16F4N2O3/c25-18-10-17(24(26,27)28)21(33-13-14-6-2-1-3-7-14)11-20(18)30-23(32)16-12-29-19-9-5-4-8-15(19)22(16)31/h1-12H,13H2,(H,29,31)(H,30,32). The number of aromatic nitrogens is 1. The highest BCUT2D eigenvalue weighted by atomic mass is 19.4. The minimum Gasteiger partial charge on any atom is -0.488 e. The lowest BCUT2D eigenvalue weighted by atomic mass is 10.1. The predicted molar refractivity (Wildman–Crippen MR) is 115 cm³/mol. The molecule has 3 aromatic carbocycles. The number of alkyl halides is 3. The number of benzene rings is 3. The third kappa shape index (κ3) is 4.72. The van der Waals surface area contributed by atoms with Crippen LogP contribution in [0.3, 0.4) is 0 Å². The maximum atomic E-state index is 14.5. The number of fused-ring (bicyclic) bond motifs is 1. The molecule has 0 unspecified atom stereocenters. The summed E-state index contributed by atoms with van der Waals surface area (Å²) >= 11 is 0. The van der Waals surface area contributed by atoms with Crippen molar-refractivity contribution in [1.29, 1.82) is 0 Å². The molecule has 1 aromatic heterocycles. The van der Waals surface area contributed by atoms with Crippen LogP contribution in [-0.2, 0) is 12.8 Å². The lowest BCUT2D eigenvalue weighted by Crippen LogP contribution is -2.22. The molecule has 0 spiro atoms. The monoisotopic (exact) mass is 456 g/mol. The van der Waals surface area contributed by atoms with E-state index in [1.807, 2.05) is 0 Å². The van der Waals surface area contributed by atoms with Crippen molar-refractivity contribution in [3.8, 4) is 5.75 Å². The van der Waals surface area contributed by atoms with E-state index >= 15 is 0 Å². The molecule has 0 aliphatic rings. The van der Waals surface area contributed by atoms with Crippen LogP contribution in [0.2, 0.25) is 0 Å². The molecule has 0 bridgehead atoms. The maximum Gasteiger partial charge on any atom is 0.420 e. The van der Waals surface area contributed by atoms with Crippen LogP contribution in [0.25, 0.3) is 10.9 Å². The molecule has 0 atom stereocenters. The molecule has 5 nitrogen and oxygen atoms in total. The smallest absolute Gasteiger partial charge is 0.420 e. The number of carbonyl (C=O) groups is 1. The van der Waals surface area contributed by atoms with E-state index in [-0.39, 0.29) is 23.6 Å². The second-order valence-corrected chi connectivity index (χ2v) is 7.13. The number of para-hydroxylation sites is 1. The Morgan fingerprint density at radius 3 is 2.42 bits per heavy atom. The average molecular weight is 456 g/mol. The SMILES string of the molecule is O=C(Nc1cc(OCc2ccccc2)c(C(F)(F)F)cc1F)c1c[nH]c2ccccc2c1=O. The highest BCUT2D eigenvalue weighted by Crippen LogP contribution is 2.39. The summed E-state index contributed by atoms with van der Waals surface area (Å²) in [5.74, 6) is -2.95. The van der Waals surface area contributed by atoms with Gasteiger partial charge in [0.2, 0.25) is 5.43 Å². The van der Waals surface area contributed by atoms with Crippen LogP contribution in [-0.4, -0.2) is 10.9 Å². The number of carbonyl (C=O) groups excluding carboxylic acids is 1. The molecule has 1 amide bonds. The number of hydrogen-bond acceptors (Lipinski definition) is 3. The molecule has 0 fully saturated rings. The summed E-state index contributed by atoms with van der Waals surface area (Å²) in [7, 11) is 0. The average Bonchev–Trinajstić information content (AvgIpc) is 2.79. The van der Waals surface area contributed by atoms with E-state index in [0.717, 1.165) is 12.3 Å². The van der Waals surface area contributed by atoms with Crippen molar-refractivity contribution in [1.82, 2.24) is 4.98 Å². The molecule has 1 heterocycles. The number of hydrogen-bond donors (Lipinski definition) is 2. The number of ether oxygens (including phenoxy) is 1. The molecule has 0 radical (unpaired) electrons. The lowest BCUT2D eigenvalue weighted by Gasteiger charge is -2.16. The summed E-state index contributed by atoms with van der Waals surface area (Å²) in [6.45, 7) is -0.201. The first-order valence-electron chi connectivity index (χ1n) is 9.73. The lowest BCUT2D eigenvalue weighted by molar-refractivity contribution is -0.139. The Bertz CT molecular complexity index is 1380. The number of nitrogens with one attached hydrogen (secondary N) is 2. The minimum absolute atomic E-state index is 0.201. The van der Waals surface area contributed by atoms with Gasteiger partial charge in [0.25, 0.3) is 5.91 Å². The molecule has 0 aliphatic carbocycles. The zero-order valence-corrected chi connectivity index (χ0v) is 16.9. The second-order valence-electron chi connectivity index (χ2n) is 7.13. The summed E-state index contributed by atoms with van der Waals surface area (Å²) in [4.78, 5) is 28.0. The van der Waals surface area contributed by atoms with Gasteiger partial charge in [0.05, 0.1) is 5.69 Å². The predicted octanol–water partition coefficient (Wildman–Crippen LogP) is 5.52. The van der Waals surface area contributed by atoms with Crippen LogP contribution in [0.15, 0.2) is 77.7 Å². The van der Waals surface area contributed by atoms with Gasteiger partial charge in [0, 0.05) is 23.2 Å². The topological polar surface area (TPSA) is 71.2 Å². The molecule has 33 heavy (non-hydrogen) atoms. The molecule has 0 aliphatic heterocycles. The summed E-state index contributed by atoms with van der Waals surface area (Å²) in [6, 6.07) is 15.9. The first kappa shape index (κ1) is 22.1. The summed E-state index contributed by atoms with van der Waals surface area (Å²) in [5.41, 5.74) is -1.70. The fraction of sp³-hybridized carbons (Fsp3) is 0.0833. The number of pyridine rings is 1. The Hall–Kier alpha value is -4.14. The Morgan fingerprint density at radius 2 is 1.70 bits per heavy atom. The Labute approximate surface area is 184 Å². The van der Waals surface area contributed by atoms with Gasteiger partial charge in [0.1, 0.15) is 29.3 Å². The van der Waals surface area contributed by atoms with Gasteiger partial charge < -0.3 is 15.0 Å². The summed E-state index contributed by atoms with van der Waals surface area (Å²) in [6.07, 6.45) is -3.72. The first-order chi connectivity index (χ1) is 15.7. The fourth-order valence-electron chi connectivity index (χ4n) is 3.25. The molecular formula is C24H16F4N2O3. The van der Waals surface area contributed by atoms with Gasteiger partial charge in [-0.1, -0.05) is 42.5 Å². The molecule has 9 heteroatoms. The van der Waals surface area contributed by atoms with Crippen molar-refractivity contribution in [2.24, 2.45) is 0 Å². The van der Waals surface area contributed by atoms with Gasteiger partial charge in [0.15, 0.2) is 0 Å². The molecule has 2 N–H and O–H groups in total. The van der Waals surface area contributed by atoms with Gasteiger partial charge in [-0.25, -0.2) is 4.39 Å². The number of aromatic amines is 1. The van der Waals surface area contributed by atoms with E-state index in [2.05, 4.69) is 10.3 Å². The van der Waals surface area contributed by atoms with Crippen LogP contribution in [0.1, 0.15) is 21.5 Å². The van der Waals surface area contributed by atoms with E-state index in [0.29, 0.717) is 11.1 Å². The summed E-state index contributed by atoms with van der Waals surface area (Å²) in [5, 5.41) is 2.41. The molecule has 4 rings (SSSR count). The molecule has 4 aromatic rings. The van der Waals surface area contributed by atoms with Crippen LogP contribution in [0, 0.1) is 5.82 Å². The van der Waals surface area contributed by atoms with Crippen molar-refractivity contribution in [3.63, 3.8) is 0 Å². The molecule has 168 valence electrons. The van der Waals surface area contributed by atoms with Crippen molar-refractivity contribution in [2.45, 2.75) is 12.8 Å². The number of halogens is 4. The van der Waals surface area contributed by atoms with E-state index < -0.39 is 40.3 Å². The largest absolute Gasteiger partial charge is 0.488 e. The minimum atomic E-state index is -4.88. The van der Waals surface area contributed by atoms with Gasteiger partial charge in [-0.2, -0.15) is 13.2 Å². The van der Waals surface area contributed by atoms with Crippen LogP contribution < -0.4 is 15.5 Å². The van der Waals surface area contributed by atoms with E-state index in [1.165, 1.54) is 6.07 Å². The second kappa shape index (κ2) is 8.78. The third-order valence-electron chi connectivity index (χ3n) is 4.89. The van der Waals surface area contributed by atoms with Gasteiger partial charge >= 0.3 is 6.18 Å². The van der Waals surface area contributed by atoms with E-state index in [4.69, 9.17) is 4.74 Å². The summed E-state index contributed by atoms with van der Waals surface area (Å²) < 4.78 is 60.1. The third-order valence-corrected chi connectivity index (χ3v) is 4.89. The number of anilines is 1. The van der Waals surface area contributed by atoms with Crippen molar-refractivity contribution < 1.29 is 27.1 Å². The Morgan fingerprint density at radius 1 is 1.00 bits per heavy atom. The van der Waals surface area contributed by atoms with Gasteiger partial charge in [-0.05, 0) is 23.8 Å². The van der Waals surface area contributed by atoms with Crippen molar-refractivity contribution in [3.05, 3.63) is 106 Å². The van der Waals surface area contributed by atoms with Gasteiger partial charge in [-0.15, -0.1) is 0 Å². The number of rotatable bonds is 5. The van der Waals surface area contributed by atoms with Crippen LogP contribution >= 0.6 is 0 Å². The van der Waals surface area contributed by atoms with E-state index in [1.54, 1.807) is 48.5 Å². The van der Waals surface area contributed by atoms with Crippen molar-refractivity contribution >= 4 is 22.5 Å². The van der Waals surface area contributed by atoms with Gasteiger partial charge in [-0.3, -0.25) is 9.59 Å². The quantitative estimate of drug-likeness (QED) is 0.389. The molecular weight excluding hydrogens is 440 g/mol. The van der Waals surface area contributed by atoms with Crippen molar-refractivity contribution in [2.75, 3.05) is 5.32 Å². The Balaban J connectivity index is 1.66. The highest BCUT2D eigenvalue weighted by Gasteiger charge is 2.36. The maximum absolute atomic E-state index is 14.5. The zero-order chi connectivity index (χ0) is 23.6. The molecule has 0 saturated carbocycles. The normalized spacial score (nSPS) is 11.4. The van der Waals surface area contributed by atoms with Crippen LogP contribution in [0.4, 0.5) is 23.2 Å². The number of amides is 1. The highest BCUT2D eigenvalue weighted by molar-refractivity contribution is 6.05. The fourth-order valence-corrected chi connectivity index (χ4v) is 3.25. The molecule has 0 saturated heterocycles. The first-order valence-corrected chi connectivity index (χ1v) is 9.73. The van der Waals surface area contributed by atoms with Crippen LogP contribution in [0.5, 0.6) is 5.75 Å². The Kier molecular flexibility index (Phi) is 5.87. The zero-order valence-electron chi connectivity index (χ0n) is 16.9.